The largest absolute Gasteiger partial charge is 0.381 e. The highest BCUT2D eigenvalue weighted by Crippen LogP contribution is 2.30. The lowest BCUT2D eigenvalue weighted by Crippen LogP contribution is -1.96. The van der Waals surface area contributed by atoms with Crippen LogP contribution in [0.5, 0.6) is 0 Å². The number of anilines is 1. The number of aryl methyl sites for hydroxylation is 1. The van der Waals surface area contributed by atoms with E-state index in [4.69, 9.17) is 10.3 Å². The second-order valence-corrected chi connectivity index (χ2v) is 4.46. The van der Waals surface area contributed by atoms with Gasteiger partial charge in [-0.2, -0.15) is 0 Å². The quantitative estimate of drug-likeness (QED) is 0.865. The molecule has 1 heterocycles. The molecule has 3 nitrogen and oxygen atoms in total. The molecule has 0 radical (unpaired) electrons. The molecule has 1 aromatic heterocycles. The zero-order valence-electron chi connectivity index (χ0n) is 10.1. The minimum Gasteiger partial charge on any atom is -0.381 e. The molecule has 0 fully saturated rings. The predicted molar refractivity (Wildman–Crippen MR) is 65.1 cm³/mol. The van der Waals surface area contributed by atoms with E-state index in [0.717, 1.165) is 11.1 Å². The Morgan fingerprint density at radius 2 is 2.00 bits per heavy atom. The molecule has 1 aromatic carbocycles. The highest BCUT2D eigenvalue weighted by atomic mass is 19.1. The van der Waals surface area contributed by atoms with Crippen molar-refractivity contribution >= 4 is 5.82 Å². The minimum atomic E-state index is -0.186. The Morgan fingerprint density at radius 1 is 1.29 bits per heavy atom. The lowest BCUT2D eigenvalue weighted by atomic mass is 9.96. The van der Waals surface area contributed by atoms with E-state index < -0.39 is 0 Å². The summed E-state index contributed by atoms with van der Waals surface area (Å²) >= 11 is 0. The Morgan fingerprint density at radius 3 is 2.53 bits per heavy atom. The van der Waals surface area contributed by atoms with Crippen molar-refractivity contribution in [2.75, 3.05) is 5.73 Å². The molecule has 0 spiro atoms. The van der Waals surface area contributed by atoms with Crippen LogP contribution in [0.1, 0.15) is 30.9 Å². The maximum atomic E-state index is 13.7. The molecule has 0 bridgehead atoms. The number of aromatic nitrogens is 1. The van der Waals surface area contributed by atoms with Crippen LogP contribution in [0.2, 0.25) is 0 Å². The topological polar surface area (TPSA) is 52.0 Å². The monoisotopic (exact) mass is 234 g/mol. The van der Waals surface area contributed by atoms with E-state index in [1.54, 1.807) is 12.1 Å². The molecular weight excluding hydrogens is 219 g/mol. The summed E-state index contributed by atoms with van der Waals surface area (Å²) in [6.07, 6.45) is 0. The van der Waals surface area contributed by atoms with E-state index in [-0.39, 0.29) is 11.7 Å². The summed E-state index contributed by atoms with van der Waals surface area (Å²) in [7, 11) is 0. The SMILES string of the molecule is Cc1cc(F)c(C(C)C)cc1-c1cc(N)no1. The van der Waals surface area contributed by atoms with Gasteiger partial charge in [0.1, 0.15) is 5.82 Å². The summed E-state index contributed by atoms with van der Waals surface area (Å²) in [6, 6.07) is 4.96. The van der Waals surface area contributed by atoms with Gasteiger partial charge in [0.25, 0.3) is 0 Å². The highest BCUT2D eigenvalue weighted by Gasteiger charge is 2.14. The Labute approximate surface area is 99.4 Å². The number of rotatable bonds is 2. The van der Waals surface area contributed by atoms with Crippen molar-refractivity contribution in [1.29, 1.82) is 0 Å². The van der Waals surface area contributed by atoms with Gasteiger partial charge >= 0.3 is 0 Å². The third kappa shape index (κ3) is 2.16. The number of hydrogen-bond acceptors (Lipinski definition) is 3. The third-order valence-electron chi connectivity index (χ3n) is 2.76. The molecule has 4 heteroatoms. The van der Waals surface area contributed by atoms with Gasteiger partial charge in [0, 0.05) is 11.6 Å². The van der Waals surface area contributed by atoms with Crippen LogP contribution in [-0.4, -0.2) is 5.16 Å². The van der Waals surface area contributed by atoms with Gasteiger partial charge in [-0.3, -0.25) is 0 Å². The average Bonchev–Trinajstić information content (AvgIpc) is 2.64. The number of benzene rings is 1. The van der Waals surface area contributed by atoms with Crippen LogP contribution in [-0.2, 0) is 0 Å². The first-order valence-corrected chi connectivity index (χ1v) is 5.51. The van der Waals surface area contributed by atoms with Crippen LogP contribution in [0.25, 0.3) is 11.3 Å². The van der Waals surface area contributed by atoms with Crippen LogP contribution in [0, 0.1) is 12.7 Å². The van der Waals surface area contributed by atoms with Gasteiger partial charge in [0.2, 0.25) is 0 Å². The molecule has 0 unspecified atom stereocenters. The fourth-order valence-electron chi connectivity index (χ4n) is 1.81. The predicted octanol–water partition coefficient (Wildman–Crippen LogP) is 3.49. The van der Waals surface area contributed by atoms with Crippen molar-refractivity contribution in [1.82, 2.24) is 5.16 Å². The van der Waals surface area contributed by atoms with Crippen LogP contribution in [0.3, 0.4) is 0 Å². The Hall–Kier alpha value is -1.84. The molecule has 0 amide bonds. The smallest absolute Gasteiger partial charge is 0.169 e. The number of nitrogen functional groups attached to an aromatic ring is 1. The van der Waals surface area contributed by atoms with Crippen molar-refractivity contribution in [2.24, 2.45) is 0 Å². The normalized spacial score (nSPS) is 11.1. The maximum Gasteiger partial charge on any atom is 0.169 e. The molecule has 0 saturated carbocycles. The molecule has 0 aliphatic heterocycles. The Kier molecular flexibility index (Phi) is 2.88. The average molecular weight is 234 g/mol. The maximum absolute atomic E-state index is 13.7. The van der Waals surface area contributed by atoms with Crippen molar-refractivity contribution < 1.29 is 8.91 Å². The molecule has 0 atom stereocenters. The number of nitrogens with zero attached hydrogens (tertiary/aromatic N) is 1. The van der Waals surface area contributed by atoms with E-state index in [0.29, 0.717) is 17.1 Å². The molecule has 90 valence electrons. The Balaban J connectivity index is 2.58. The zero-order chi connectivity index (χ0) is 12.6. The molecule has 0 aliphatic rings. The van der Waals surface area contributed by atoms with Gasteiger partial charge in [0.05, 0.1) is 0 Å². The van der Waals surface area contributed by atoms with E-state index in [9.17, 15) is 4.39 Å². The van der Waals surface area contributed by atoms with Crippen LogP contribution < -0.4 is 5.73 Å². The second-order valence-electron chi connectivity index (χ2n) is 4.46. The number of halogens is 1. The number of nitrogens with two attached hydrogens (primary N) is 1. The van der Waals surface area contributed by atoms with Crippen molar-refractivity contribution in [2.45, 2.75) is 26.7 Å². The van der Waals surface area contributed by atoms with Gasteiger partial charge in [-0.25, -0.2) is 4.39 Å². The summed E-state index contributed by atoms with van der Waals surface area (Å²) in [6.45, 7) is 5.74. The fourth-order valence-corrected chi connectivity index (χ4v) is 1.81. The van der Waals surface area contributed by atoms with Gasteiger partial charge in [0.15, 0.2) is 11.6 Å². The van der Waals surface area contributed by atoms with E-state index >= 15 is 0 Å². The van der Waals surface area contributed by atoms with Gasteiger partial charge in [-0.05, 0) is 36.1 Å². The van der Waals surface area contributed by atoms with Crippen LogP contribution in [0.4, 0.5) is 10.2 Å². The summed E-state index contributed by atoms with van der Waals surface area (Å²) in [5, 5.41) is 3.64. The molecule has 2 N–H and O–H groups in total. The molecule has 2 rings (SSSR count). The van der Waals surface area contributed by atoms with E-state index in [1.165, 1.54) is 6.07 Å². The summed E-state index contributed by atoms with van der Waals surface area (Å²) < 4.78 is 18.8. The lowest BCUT2D eigenvalue weighted by Gasteiger charge is -2.10. The molecule has 0 aliphatic carbocycles. The standard InChI is InChI=1S/C13H15FN2O/c1-7(2)9-5-10(8(3)4-11(9)14)12-6-13(15)16-17-12/h4-7H,1-3H3,(H2,15,16). The van der Waals surface area contributed by atoms with Crippen LogP contribution in [0.15, 0.2) is 22.7 Å². The first-order valence-electron chi connectivity index (χ1n) is 5.51. The van der Waals surface area contributed by atoms with Crippen molar-refractivity contribution in [3.63, 3.8) is 0 Å². The first kappa shape index (κ1) is 11.6. The van der Waals surface area contributed by atoms with E-state index in [2.05, 4.69) is 5.16 Å². The first-order chi connectivity index (χ1) is 7.99. The van der Waals surface area contributed by atoms with Gasteiger partial charge in [-0.15, -0.1) is 0 Å². The van der Waals surface area contributed by atoms with E-state index in [1.807, 2.05) is 20.8 Å². The number of hydrogen-bond donors (Lipinski definition) is 1. The molecule has 0 saturated heterocycles. The summed E-state index contributed by atoms with van der Waals surface area (Å²) in [5.74, 6) is 0.833. The van der Waals surface area contributed by atoms with Gasteiger partial charge < -0.3 is 10.3 Å². The van der Waals surface area contributed by atoms with Gasteiger partial charge in [-0.1, -0.05) is 19.0 Å². The summed E-state index contributed by atoms with van der Waals surface area (Å²) in [5.41, 5.74) is 7.82. The zero-order valence-corrected chi connectivity index (χ0v) is 10.1. The van der Waals surface area contributed by atoms with Crippen molar-refractivity contribution in [3.05, 3.63) is 35.1 Å². The second kappa shape index (κ2) is 4.20. The fraction of sp³-hybridized carbons (Fsp3) is 0.308. The van der Waals surface area contributed by atoms with Crippen molar-refractivity contribution in [3.8, 4) is 11.3 Å². The summed E-state index contributed by atoms with van der Waals surface area (Å²) in [4.78, 5) is 0. The minimum absolute atomic E-state index is 0.120. The molecular formula is C13H15FN2O. The highest BCUT2D eigenvalue weighted by molar-refractivity contribution is 5.65. The third-order valence-corrected chi connectivity index (χ3v) is 2.76. The Bertz CT molecular complexity index is 546. The molecule has 17 heavy (non-hydrogen) atoms. The molecule has 2 aromatic rings. The van der Waals surface area contributed by atoms with Crippen LogP contribution >= 0.6 is 0 Å². The lowest BCUT2D eigenvalue weighted by molar-refractivity contribution is 0.435.